The minimum Gasteiger partial charge on any atom is -0.374 e. The zero-order valence-electron chi connectivity index (χ0n) is 9.50. The quantitative estimate of drug-likeness (QED) is 0.747. The predicted octanol–water partition coefficient (Wildman–Crippen LogP) is 1.69. The fourth-order valence-electron chi connectivity index (χ4n) is 1.74. The monoisotopic (exact) mass is 196 g/mol. The molecule has 0 aliphatic carbocycles. The zero-order valence-corrected chi connectivity index (χ0v) is 9.50. The summed E-state index contributed by atoms with van der Waals surface area (Å²) >= 11 is 0. The second-order valence-electron chi connectivity index (χ2n) is 4.87. The lowest BCUT2D eigenvalue weighted by atomic mass is 9.95. The Morgan fingerprint density at radius 1 is 1.50 bits per heavy atom. The van der Waals surface area contributed by atoms with E-state index >= 15 is 0 Å². The van der Waals surface area contributed by atoms with Gasteiger partial charge in [-0.3, -0.25) is 0 Å². The molecule has 14 heavy (non-hydrogen) atoms. The lowest BCUT2D eigenvalue weighted by Crippen LogP contribution is -2.40. The Labute approximate surface area is 86.4 Å². The third-order valence-corrected chi connectivity index (χ3v) is 2.71. The molecule has 1 N–H and O–H groups in total. The lowest BCUT2D eigenvalue weighted by molar-refractivity contribution is 0.0601. The summed E-state index contributed by atoms with van der Waals surface area (Å²) in [5, 5.41) is 12.3. The Morgan fingerprint density at radius 3 is 2.57 bits per heavy atom. The van der Waals surface area contributed by atoms with Crippen LogP contribution in [0.2, 0.25) is 0 Å². The van der Waals surface area contributed by atoms with Gasteiger partial charge in [0, 0.05) is 12.6 Å². The molecule has 80 valence electrons. The maximum absolute atomic E-state index is 8.86. The molecule has 1 aliphatic heterocycles. The van der Waals surface area contributed by atoms with E-state index in [1.807, 2.05) is 13.8 Å². The molecule has 0 aromatic carbocycles. The molecule has 1 fully saturated rings. The van der Waals surface area contributed by atoms with Crippen LogP contribution in [0, 0.1) is 16.7 Å². The molecular formula is C11H20N2O. The summed E-state index contributed by atoms with van der Waals surface area (Å²) in [6.07, 6.45) is 1.65. The fourth-order valence-corrected chi connectivity index (χ4v) is 1.74. The molecule has 3 nitrogen and oxygen atoms in total. The van der Waals surface area contributed by atoms with Crippen LogP contribution in [0.15, 0.2) is 0 Å². The highest BCUT2D eigenvalue weighted by molar-refractivity contribution is 4.95. The first-order chi connectivity index (χ1) is 6.44. The van der Waals surface area contributed by atoms with E-state index < -0.39 is 0 Å². The van der Waals surface area contributed by atoms with Crippen LogP contribution >= 0.6 is 0 Å². The van der Waals surface area contributed by atoms with Crippen molar-refractivity contribution in [2.45, 2.75) is 52.4 Å². The molecule has 3 heteroatoms. The van der Waals surface area contributed by atoms with Crippen LogP contribution < -0.4 is 5.32 Å². The average Bonchev–Trinajstić information content (AvgIpc) is 2.42. The highest BCUT2D eigenvalue weighted by atomic mass is 16.5. The highest BCUT2D eigenvalue weighted by Gasteiger charge is 2.30. The number of nitrogens with one attached hydrogen (secondary N) is 1. The largest absolute Gasteiger partial charge is 0.374 e. The normalized spacial score (nSPS) is 32.9. The Kier molecular flexibility index (Phi) is 3.52. The van der Waals surface area contributed by atoms with Crippen LogP contribution in [-0.4, -0.2) is 24.8 Å². The molecule has 0 radical (unpaired) electrons. The molecule has 3 unspecified atom stereocenters. The van der Waals surface area contributed by atoms with Crippen LogP contribution in [-0.2, 0) is 4.74 Å². The van der Waals surface area contributed by atoms with E-state index in [0.717, 1.165) is 13.0 Å². The lowest BCUT2D eigenvalue weighted by Gasteiger charge is -2.21. The van der Waals surface area contributed by atoms with Crippen molar-refractivity contribution in [1.29, 1.82) is 5.26 Å². The van der Waals surface area contributed by atoms with Crippen LogP contribution in [0.3, 0.4) is 0 Å². The first-order valence-electron chi connectivity index (χ1n) is 5.25. The van der Waals surface area contributed by atoms with E-state index in [2.05, 4.69) is 25.2 Å². The summed E-state index contributed by atoms with van der Waals surface area (Å²) in [5.41, 5.74) is -0.286. The molecule has 1 saturated heterocycles. The Bertz CT molecular complexity index is 232. The molecule has 1 heterocycles. The summed E-state index contributed by atoms with van der Waals surface area (Å²) in [6.45, 7) is 8.80. The predicted molar refractivity (Wildman–Crippen MR) is 55.8 cm³/mol. The third-order valence-electron chi connectivity index (χ3n) is 2.71. The van der Waals surface area contributed by atoms with Gasteiger partial charge in [-0.2, -0.15) is 5.26 Å². The fraction of sp³-hybridized carbons (Fsp3) is 0.909. The van der Waals surface area contributed by atoms with Gasteiger partial charge in [0.25, 0.3) is 0 Å². The molecule has 1 rings (SSSR count). The van der Waals surface area contributed by atoms with E-state index in [1.165, 1.54) is 0 Å². The van der Waals surface area contributed by atoms with Crippen molar-refractivity contribution >= 4 is 0 Å². The summed E-state index contributed by atoms with van der Waals surface area (Å²) < 4.78 is 5.63. The van der Waals surface area contributed by atoms with Crippen LogP contribution in [0.4, 0.5) is 0 Å². The second kappa shape index (κ2) is 4.29. The minimum atomic E-state index is -0.286. The van der Waals surface area contributed by atoms with E-state index in [0.29, 0.717) is 12.1 Å². The van der Waals surface area contributed by atoms with Crippen molar-refractivity contribution in [3.63, 3.8) is 0 Å². The second-order valence-corrected chi connectivity index (χ2v) is 4.87. The SMILES string of the molecule is CC1CC(NCC(C)(C)C#N)C(C)O1. The van der Waals surface area contributed by atoms with Gasteiger partial charge in [-0.1, -0.05) is 0 Å². The van der Waals surface area contributed by atoms with Crippen molar-refractivity contribution in [3.8, 4) is 6.07 Å². The van der Waals surface area contributed by atoms with Gasteiger partial charge in [-0.15, -0.1) is 0 Å². The van der Waals surface area contributed by atoms with Gasteiger partial charge in [0.15, 0.2) is 0 Å². The van der Waals surface area contributed by atoms with Gasteiger partial charge < -0.3 is 10.1 Å². The van der Waals surface area contributed by atoms with Gasteiger partial charge in [-0.05, 0) is 34.1 Å². The molecule has 0 amide bonds. The number of hydrogen-bond donors (Lipinski definition) is 1. The van der Waals surface area contributed by atoms with E-state index in [4.69, 9.17) is 10.00 Å². The molecule has 0 bridgehead atoms. The first kappa shape index (κ1) is 11.5. The van der Waals surface area contributed by atoms with Crippen molar-refractivity contribution in [2.24, 2.45) is 5.41 Å². The summed E-state index contributed by atoms with van der Waals surface area (Å²) in [7, 11) is 0. The molecule has 0 aromatic rings. The van der Waals surface area contributed by atoms with Gasteiger partial charge in [-0.25, -0.2) is 0 Å². The zero-order chi connectivity index (χ0) is 10.8. The summed E-state index contributed by atoms with van der Waals surface area (Å²) in [6, 6.07) is 2.69. The molecule has 0 spiro atoms. The topological polar surface area (TPSA) is 45.0 Å². The maximum atomic E-state index is 8.86. The smallest absolute Gasteiger partial charge is 0.0704 e. The Morgan fingerprint density at radius 2 is 2.14 bits per heavy atom. The van der Waals surface area contributed by atoms with E-state index in [1.54, 1.807) is 0 Å². The summed E-state index contributed by atoms with van der Waals surface area (Å²) in [4.78, 5) is 0. The number of nitrogens with zero attached hydrogens (tertiary/aromatic N) is 1. The number of ether oxygens (including phenoxy) is 1. The first-order valence-corrected chi connectivity index (χ1v) is 5.25. The van der Waals surface area contributed by atoms with Crippen LogP contribution in [0.25, 0.3) is 0 Å². The van der Waals surface area contributed by atoms with Gasteiger partial charge in [0.1, 0.15) is 0 Å². The Hall–Kier alpha value is -0.590. The van der Waals surface area contributed by atoms with E-state index in [-0.39, 0.29) is 11.5 Å². The molecule has 1 aliphatic rings. The highest BCUT2D eigenvalue weighted by Crippen LogP contribution is 2.21. The molecule has 0 saturated carbocycles. The van der Waals surface area contributed by atoms with Crippen LogP contribution in [0.5, 0.6) is 0 Å². The van der Waals surface area contributed by atoms with Crippen molar-refractivity contribution in [1.82, 2.24) is 5.32 Å². The Balaban J connectivity index is 2.36. The van der Waals surface area contributed by atoms with Crippen molar-refractivity contribution in [3.05, 3.63) is 0 Å². The van der Waals surface area contributed by atoms with Gasteiger partial charge in [0.2, 0.25) is 0 Å². The molecule has 3 atom stereocenters. The average molecular weight is 196 g/mol. The van der Waals surface area contributed by atoms with E-state index in [9.17, 15) is 0 Å². The standard InChI is InChI=1S/C11H20N2O/c1-8-5-10(9(2)14-8)13-7-11(3,4)6-12/h8-10,13H,5,7H2,1-4H3. The molecule has 0 aromatic heterocycles. The third kappa shape index (κ3) is 2.97. The van der Waals surface area contributed by atoms with Crippen molar-refractivity contribution in [2.75, 3.05) is 6.54 Å². The maximum Gasteiger partial charge on any atom is 0.0704 e. The molecular weight excluding hydrogens is 176 g/mol. The summed E-state index contributed by atoms with van der Waals surface area (Å²) in [5.74, 6) is 0. The van der Waals surface area contributed by atoms with Gasteiger partial charge in [0.05, 0.1) is 23.7 Å². The van der Waals surface area contributed by atoms with Crippen LogP contribution in [0.1, 0.15) is 34.1 Å². The number of hydrogen-bond acceptors (Lipinski definition) is 3. The number of rotatable bonds is 3. The van der Waals surface area contributed by atoms with Crippen molar-refractivity contribution < 1.29 is 4.74 Å². The minimum absolute atomic E-state index is 0.263. The van der Waals surface area contributed by atoms with Gasteiger partial charge >= 0.3 is 0 Å². The number of nitriles is 1.